The summed E-state index contributed by atoms with van der Waals surface area (Å²) < 4.78 is 0. The second-order valence-electron chi connectivity index (χ2n) is 5.82. The van der Waals surface area contributed by atoms with Gasteiger partial charge in [0.05, 0.1) is 0 Å². The van der Waals surface area contributed by atoms with Crippen molar-refractivity contribution in [1.82, 2.24) is 0 Å². The molecule has 0 spiro atoms. The second kappa shape index (κ2) is 5.08. The molecular formula is C18H21N. The van der Waals surface area contributed by atoms with Crippen LogP contribution in [0.25, 0.3) is 11.1 Å². The van der Waals surface area contributed by atoms with E-state index in [1.54, 1.807) is 0 Å². The second-order valence-corrected chi connectivity index (χ2v) is 5.82. The molecule has 19 heavy (non-hydrogen) atoms. The predicted octanol–water partition coefficient (Wildman–Crippen LogP) is 4.72. The molecule has 0 fully saturated rings. The lowest BCUT2D eigenvalue weighted by atomic mass is 10.1. The van der Waals surface area contributed by atoms with Gasteiger partial charge >= 0.3 is 0 Å². The van der Waals surface area contributed by atoms with Gasteiger partial charge in [-0.1, -0.05) is 44.2 Å². The number of hydrogen-bond donors (Lipinski definition) is 1. The zero-order valence-electron chi connectivity index (χ0n) is 11.7. The normalized spacial score (nSPS) is 12.4. The highest BCUT2D eigenvalue weighted by Gasteiger charge is 2.17. The van der Waals surface area contributed by atoms with E-state index in [4.69, 9.17) is 0 Å². The number of rotatable bonds is 4. The molecule has 0 aromatic heterocycles. The van der Waals surface area contributed by atoms with E-state index >= 15 is 0 Å². The summed E-state index contributed by atoms with van der Waals surface area (Å²) in [7, 11) is 0. The Kier molecular flexibility index (Phi) is 3.29. The fourth-order valence-electron chi connectivity index (χ4n) is 2.76. The third-order valence-corrected chi connectivity index (χ3v) is 3.84. The molecule has 0 unspecified atom stereocenters. The molecule has 1 heteroatoms. The molecule has 1 aliphatic carbocycles. The number of benzene rings is 2. The Labute approximate surface area is 115 Å². The molecule has 3 rings (SSSR count). The Morgan fingerprint density at radius 1 is 1.00 bits per heavy atom. The van der Waals surface area contributed by atoms with Crippen molar-refractivity contribution in [3.8, 4) is 11.1 Å². The first-order valence-corrected chi connectivity index (χ1v) is 7.19. The average molecular weight is 251 g/mol. The first-order valence-electron chi connectivity index (χ1n) is 7.19. The van der Waals surface area contributed by atoms with Gasteiger partial charge in [-0.05, 0) is 53.1 Å². The molecule has 0 aliphatic heterocycles. The van der Waals surface area contributed by atoms with Crippen molar-refractivity contribution in [3.05, 3.63) is 53.6 Å². The number of fused-ring (bicyclic) bond motifs is 3. The van der Waals surface area contributed by atoms with Crippen LogP contribution in [0.5, 0.6) is 0 Å². The molecule has 2 aromatic rings. The van der Waals surface area contributed by atoms with E-state index in [0.29, 0.717) is 0 Å². The third kappa shape index (κ3) is 2.51. The van der Waals surface area contributed by atoms with Crippen molar-refractivity contribution < 1.29 is 0 Å². The highest BCUT2D eigenvalue weighted by molar-refractivity contribution is 5.78. The maximum absolute atomic E-state index is 3.53. The van der Waals surface area contributed by atoms with Crippen LogP contribution in [0.3, 0.4) is 0 Å². The molecule has 1 N–H and O–H groups in total. The van der Waals surface area contributed by atoms with Crippen LogP contribution in [0.15, 0.2) is 42.5 Å². The molecule has 1 nitrogen and oxygen atoms in total. The molecule has 1 aliphatic rings. The summed E-state index contributed by atoms with van der Waals surface area (Å²) in [6, 6.07) is 15.5. The van der Waals surface area contributed by atoms with Crippen LogP contribution >= 0.6 is 0 Å². The Morgan fingerprint density at radius 3 is 2.63 bits per heavy atom. The minimum absolute atomic E-state index is 0.756. The Balaban J connectivity index is 1.78. The van der Waals surface area contributed by atoms with E-state index in [0.717, 1.165) is 18.9 Å². The van der Waals surface area contributed by atoms with Crippen LogP contribution in [0, 0.1) is 5.92 Å². The predicted molar refractivity (Wildman–Crippen MR) is 82.6 cm³/mol. The Morgan fingerprint density at radius 2 is 1.79 bits per heavy atom. The molecule has 0 amide bonds. The highest BCUT2D eigenvalue weighted by Crippen LogP contribution is 2.37. The maximum Gasteiger partial charge on any atom is 0.0343 e. The van der Waals surface area contributed by atoms with Gasteiger partial charge in [0, 0.05) is 12.2 Å². The molecule has 98 valence electrons. The molecule has 0 atom stereocenters. The summed E-state index contributed by atoms with van der Waals surface area (Å²) in [5.41, 5.74) is 6.98. The van der Waals surface area contributed by atoms with Crippen LogP contribution in [0.1, 0.15) is 31.4 Å². The minimum atomic E-state index is 0.756. The van der Waals surface area contributed by atoms with E-state index in [1.165, 1.54) is 34.4 Å². The number of hydrogen-bond acceptors (Lipinski definition) is 1. The lowest BCUT2D eigenvalue weighted by molar-refractivity contribution is 0.607. The van der Waals surface area contributed by atoms with E-state index < -0.39 is 0 Å². The average Bonchev–Trinajstić information content (AvgIpc) is 2.76. The molecule has 2 aromatic carbocycles. The largest absolute Gasteiger partial charge is 0.385 e. The zero-order valence-corrected chi connectivity index (χ0v) is 11.7. The minimum Gasteiger partial charge on any atom is -0.385 e. The van der Waals surface area contributed by atoms with E-state index in [-0.39, 0.29) is 0 Å². The van der Waals surface area contributed by atoms with Crippen LogP contribution in [0.2, 0.25) is 0 Å². The topological polar surface area (TPSA) is 12.0 Å². The summed E-state index contributed by atoms with van der Waals surface area (Å²) in [5, 5.41) is 3.53. The maximum atomic E-state index is 3.53. The summed E-state index contributed by atoms with van der Waals surface area (Å²) in [6.45, 7) is 5.59. The van der Waals surface area contributed by atoms with Crippen molar-refractivity contribution >= 4 is 5.69 Å². The van der Waals surface area contributed by atoms with Crippen molar-refractivity contribution in [3.63, 3.8) is 0 Å². The first-order chi connectivity index (χ1) is 9.24. The van der Waals surface area contributed by atoms with Gasteiger partial charge in [-0.25, -0.2) is 0 Å². The van der Waals surface area contributed by atoms with Gasteiger partial charge in [0.1, 0.15) is 0 Å². The molecule has 0 saturated heterocycles. The Hall–Kier alpha value is -1.76. The first kappa shape index (κ1) is 12.3. The standard InChI is InChI=1S/C18H21N/c1-13(2)9-10-19-16-7-8-18-15(12-16)11-14-5-3-4-6-17(14)18/h3-8,12-13,19H,9-11H2,1-2H3. The van der Waals surface area contributed by atoms with Crippen molar-refractivity contribution in [1.29, 1.82) is 0 Å². The molecular weight excluding hydrogens is 230 g/mol. The molecule has 0 radical (unpaired) electrons. The van der Waals surface area contributed by atoms with Gasteiger partial charge in [-0.2, -0.15) is 0 Å². The third-order valence-electron chi connectivity index (χ3n) is 3.84. The SMILES string of the molecule is CC(C)CCNc1ccc2c(c1)Cc1ccccc1-2. The van der Waals surface area contributed by atoms with E-state index in [1.807, 2.05) is 0 Å². The van der Waals surface area contributed by atoms with Crippen LogP contribution < -0.4 is 5.32 Å². The summed E-state index contributed by atoms with van der Waals surface area (Å²) in [4.78, 5) is 0. The highest BCUT2D eigenvalue weighted by atomic mass is 14.9. The molecule has 0 saturated carbocycles. The van der Waals surface area contributed by atoms with Gasteiger partial charge in [0.2, 0.25) is 0 Å². The Bertz CT molecular complexity index is 584. The van der Waals surface area contributed by atoms with E-state index in [2.05, 4.69) is 61.6 Å². The monoisotopic (exact) mass is 251 g/mol. The van der Waals surface area contributed by atoms with Gasteiger partial charge in [-0.15, -0.1) is 0 Å². The van der Waals surface area contributed by atoms with Crippen molar-refractivity contribution in [2.75, 3.05) is 11.9 Å². The summed E-state index contributed by atoms with van der Waals surface area (Å²) in [6.07, 6.45) is 2.29. The summed E-state index contributed by atoms with van der Waals surface area (Å²) in [5.74, 6) is 0.756. The van der Waals surface area contributed by atoms with Crippen LogP contribution in [-0.4, -0.2) is 6.54 Å². The van der Waals surface area contributed by atoms with Gasteiger partial charge < -0.3 is 5.32 Å². The molecule has 0 heterocycles. The lowest BCUT2D eigenvalue weighted by Gasteiger charge is -2.10. The molecule has 0 bridgehead atoms. The van der Waals surface area contributed by atoms with Crippen LogP contribution in [0.4, 0.5) is 5.69 Å². The number of anilines is 1. The van der Waals surface area contributed by atoms with Gasteiger partial charge in [-0.3, -0.25) is 0 Å². The fourth-order valence-corrected chi connectivity index (χ4v) is 2.76. The van der Waals surface area contributed by atoms with Crippen molar-refractivity contribution in [2.45, 2.75) is 26.7 Å². The van der Waals surface area contributed by atoms with E-state index in [9.17, 15) is 0 Å². The lowest BCUT2D eigenvalue weighted by Crippen LogP contribution is -2.04. The van der Waals surface area contributed by atoms with Gasteiger partial charge in [0.25, 0.3) is 0 Å². The zero-order chi connectivity index (χ0) is 13.2. The number of nitrogens with one attached hydrogen (secondary N) is 1. The van der Waals surface area contributed by atoms with Gasteiger partial charge in [0.15, 0.2) is 0 Å². The van der Waals surface area contributed by atoms with Crippen LogP contribution in [-0.2, 0) is 6.42 Å². The van der Waals surface area contributed by atoms with Crippen molar-refractivity contribution in [2.24, 2.45) is 5.92 Å². The quantitative estimate of drug-likeness (QED) is 0.707. The summed E-state index contributed by atoms with van der Waals surface area (Å²) >= 11 is 0. The smallest absolute Gasteiger partial charge is 0.0343 e. The fraction of sp³-hybridized carbons (Fsp3) is 0.333.